The van der Waals surface area contributed by atoms with Crippen LogP contribution in [0.25, 0.3) is 6.08 Å². The molecule has 3 aromatic rings. The summed E-state index contributed by atoms with van der Waals surface area (Å²) in [7, 11) is 1.49. The number of hydrogen-bond acceptors (Lipinski definition) is 6. The number of hydrogen-bond donors (Lipinski definition) is 1. The SMILES string of the molecule is COc1cc(/C=C2\SC(=O)N(CC(=O)Nc3cccc(C)c3C)C2=O)cc(Cl)c1OCc1ccccc1. The van der Waals surface area contributed by atoms with E-state index in [4.69, 9.17) is 21.1 Å². The Morgan fingerprint density at radius 1 is 1.08 bits per heavy atom. The van der Waals surface area contributed by atoms with Crippen LogP contribution in [-0.2, 0) is 16.2 Å². The third-order valence-corrected chi connectivity index (χ3v) is 7.02. The lowest BCUT2D eigenvalue weighted by molar-refractivity contribution is -0.127. The van der Waals surface area contributed by atoms with Gasteiger partial charge < -0.3 is 14.8 Å². The number of aryl methyl sites for hydroxylation is 1. The molecule has 3 aromatic carbocycles. The molecule has 0 saturated carbocycles. The first kappa shape index (κ1) is 26.3. The van der Waals surface area contributed by atoms with E-state index in [0.29, 0.717) is 34.4 Å². The van der Waals surface area contributed by atoms with Crippen molar-refractivity contribution in [1.29, 1.82) is 0 Å². The highest BCUT2D eigenvalue weighted by Gasteiger charge is 2.36. The molecular formula is C28H25ClN2O5S. The van der Waals surface area contributed by atoms with Gasteiger partial charge in [-0.05, 0) is 72.1 Å². The highest BCUT2D eigenvalue weighted by molar-refractivity contribution is 8.18. The van der Waals surface area contributed by atoms with Gasteiger partial charge in [-0.15, -0.1) is 0 Å². The van der Waals surface area contributed by atoms with Crippen LogP contribution in [0.5, 0.6) is 11.5 Å². The van der Waals surface area contributed by atoms with Gasteiger partial charge in [0.25, 0.3) is 11.1 Å². The van der Waals surface area contributed by atoms with E-state index in [1.54, 1.807) is 24.3 Å². The minimum Gasteiger partial charge on any atom is -0.493 e. The van der Waals surface area contributed by atoms with Gasteiger partial charge >= 0.3 is 0 Å². The third kappa shape index (κ3) is 6.15. The second-order valence-electron chi connectivity index (χ2n) is 8.37. The van der Waals surface area contributed by atoms with Crippen molar-refractivity contribution in [3.63, 3.8) is 0 Å². The van der Waals surface area contributed by atoms with Crippen molar-refractivity contribution >= 4 is 52.2 Å². The van der Waals surface area contributed by atoms with Crippen molar-refractivity contribution in [3.8, 4) is 11.5 Å². The Balaban J connectivity index is 1.47. The van der Waals surface area contributed by atoms with Crippen LogP contribution >= 0.6 is 23.4 Å². The predicted octanol–water partition coefficient (Wildman–Crippen LogP) is 6.22. The maximum absolute atomic E-state index is 12.9. The van der Waals surface area contributed by atoms with Gasteiger partial charge in [0, 0.05) is 5.69 Å². The summed E-state index contributed by atoms with van der Waals surface area (Å²) in [6.07, 6.45) is 1.54. The van der Waals surface area contributed by atoms with Crippen molar-refractivity contribution in [2.24, 2.45) is 0 Å². The molecule has 9 heteroatoms. The highest BCUT2D eigenvalue weighted by atomic mass is 35.5. The van der Waals surface area contributed by atoms with Gasteiger partial charge in [0.1, 0.15) is 13.2 Å². The van der Waals surface area contributed by atoms with Gasteiger partial charge in [0.15, 0.2) is 11.5 Å². The lowest BCUT2D eigenvalue weighted by Gasteiger charge is -2.14. The predicted molar refractivity (Wildman–Crippen MR) is 146 cm³/mol. The first-order valence-corrected chi connectivity index (χ1v) is 12.6. The number of carbonyl (C=O) groups is 3. The molecule has 7 nitrogen and oxygen atoms in total. The number of benzene rings is 3. The largest absolute Gasteiger partial charge is 0.493 e. The molecule has 37 heavy (non-hydrogen) atoms. The fourth-order valence-electron chi connectivity index (χ4n) is 3.70. The molecule has 0 bridgehead atoms. The molecule has 1 aliphatic rings. The second-order valence-corrected chi connectivity index (χ2v) is 9.77. The minimum atomic E-state index is -0.550. The van der Waals surface area contributed by atoms with Gasteiger partial charge in [-0.1, -0.05) is 54.1 Å². The summed E-state index contributed by atoms with van der Waals surface area (Å²) in [6, 6.07) is 18.5. The fraction of sp³-hybridized carbons (Fsp3) is 0.179. The summed E-state index contributed by atoms with van der Waals surface area (Å²) >= 11 is 7.24. The van der Waals surface area contributed by atoms with E-state index in [-0.39, 0.29) is 11.4 Å². The van der Waals surface area contributed by atoms with Crippen molar-refractivity contribution in [3.05, 3.63) is 92.8 Å². The van der Waals surface area contributed by atoms with Gasteiger partial charge in [-0.3, -0.25) is 19.3 Å². The first-order chi connectivity index (χ1) is 17.8. The molecule has 0 unspecified atom stereocenters. The molecule has 4 rings (SSSR count). The lowest BCUT2D eigenvalue weighted by Crippen LogP contribution is -2.36. The zero-order chi connectivity index (χ0) is 26.5. The molecule has 0 spiro atoms. The van der Waals surface area contributed by atoms with Gasteiger partial charge in [-0.25, -0.2) is 0 Å². The average molecular weight is 537 g/mol. The molecule has 1 N–H and O–H groups in total. The second kappa shape index (κ2) is 11.5. The molecule has 0 radical (unpaired) electrons. The Morgan fingerprint density at radius 3 is 2.57 bits per heavy atom. The first-order valence-electron chi connectivity index (χ1n) is 11.4. The van der Waals surface area contributed by atoms with Crippen molar-refractivity contribution in [1.82, 2.24) is 4.90 Å². The van der Waals surface area contributed by atoms with Crippen LogP contribution < -0.4 is 14.8 Å². The number of imide groups is 1. The van der Waals surface area contributed by atoms with Crippen molar-refractivity contribution < 1.29 is 23.9 Å². The molecular weight excluding hydrogens is 512 g/mol. The van der Waals surface area contributed by atoms with E-state index < -0.39 is 17.1 Å². The van der Waals surface area contributed by atoms with E-state index in [2.05, 4.69) is 5.32 Å². The number of halogens is 1. The van der Waals surface area contributed by atoms with E-state index in [1.807, 2.05) is 56.3 Å². The van der Waals surface area contributed by atoms with Gasteiger partial charge in [-0.2, -0.15) is 0 Å². The third-order valence-electron chi connectivity index (χ3n) is 5.83. The minimum absolute atomic E-state index is 0.181. The number of amides is 3. The Hall–Kier alpha value is -3.75. The van der Waals surface area contributed by atoms with Crippen LogP contribution in [0.3, 0.4) is 0 Å². The monoisotopic (exact) mass is 536 g/mol. The standard InChI is InChI=1S/C28H25ClN2O5S/c1-17-8-7-11-22(18(17)2)30-25(32)15-31-27(33)24(37-28(31)34)14-20-12-21(29)26(23(13-20)35-3)36-16-19-9-5-4-6-10-19/h4-14H,15-16H2,1-3H3,(H,30,32)/b24-14-. The highest BCUT2D eigenvalue weighted by Crippen LogP contribution is 2.39. The topological polar surface area (TPSA) is 84.9 Å². The van der Waals surface area contributed by atoms with Crippen LogP contribution in [0.4, 0.5) is 10.5 Å². The van der Waals surface area contributed by atoms with Crippen molar-refractivity contribution in [2.75, 3.05) is 19.0 Å². The van der Waals surface area contributed by atoms with Gasteiger partial charge in [0.2, 0.25) is 5.91 Å². The van der Waals surface area contributed by atoms with E-state index in [1.165, 1.54) is 7.11 Å². The summed E-state index contributed by atoms with van der Waals surface area (Å²) in [5.41, 5.74) is 4.12. The van der Waals surface area contributed by atoms with Gasteiger partial charge in [0.05, 0.1) is 17.0 Å². The number of nitrogens with one attached hydrogen (secondary N) is 1. The zero-order valence-electron chi connectivity index (χ0n) is 20.5. The molecule has 3 amide bonds. The lowest BCUT2D eigenvalue weighted by atomic mass is 10.1. The molecule has 190 valence electrons. The Bertz CT molecular complexity index is 1390. The summed E-state index contributed by atoms with van der Waals surface area (Å²) in [5, 5.41) is 2.55. The molecule has 0 aliphatic carbocycles. The van der Waals surface area contributed by atoms with Crippen LogP contribution in [0.15, 0.2) is 65.6 Å². The summed E-state index contributed by atoms with van der Waals surface area (Å²) in [6.45, 7) is 3.76. The molecule has 1 heterocycles. The van der Waals surface area contributed by atoms with Crippen molar-refractivity contribution in [2.45, 2.75) is 20.5 Å². The molecule has 1 fully saturated rings. The smallest absolute Gasteiger partial charge is 0.294 e. The van der Waals surface area contributed by atoms with E-state index >= 15 is 0 Å². The van der Waals surface area contributed by atoms with E-state index in [9.17, 15) is 14.4 Å². The number of thioether (sulfide) groups is 1. The average Bonchev–Trinajstić information content (AvgIpc) is 3.13. The van der Waals surface area contributed by atoms with E-state index in [0.717, 1.165) is 33.4 Å². The number of anilines is 1. The van der Waals surface area contributed by atoms with Crippen LogP contribution in [0, 0.1) is 13.8 Å². The number of carbonyl (C=O) groups excluding carboxylic acids is 3. The maximum Gasteiger partial charge on any atom is 0.294 e. The molecule has 0 aromatic heterocycles. The number of nitrogens with zero attached hydrogens (tertiary/aromatic N) is 1. The normalized spacial score (nSPS) is 14.3. The summed E-state index contributed by atoms with van der Waals surface area (Å²) in [4.78, 5) is 39.2. The maximum atomic E-state index is 12.9. The number of ether oxygens (including phenoxy) is 2. The summed E-state index contributed by atoms with van der Waals surface area (Å²) in [5.74, 6) is -0.240. The molecule has 0 atom stereocenters. The Labute approximate surface area is 224 Å². The van der Waals surface area contributed by atoms with Crippen LogP contribution in [0.1, 0.15) is 22.3 Å². The quantitative estimate of drug-likeness (QED) is 0.344. The summed E-state index contributed by atoms with van der Waals surface area (Å²) < 4.78 is 11.3. The molecule has 1 aliphatic heterocycles. The van der Waals surface area contributed by atoms with Crippen LogP contribution in [-0.4, -0.2) is 35.6 Å². The Kier molecular flexibility index (Phi) is 8.21. The number of rotatable bonds is 8. The number of methoxy groups -OCH3 is 1. The zero-order valence-corrected chi connectivity index (χ0v) is 22.1. The Morgan fingerprint density at radius 2 is 1.84 bits per heavy atom. The molecule has 1 saturated heterocycles. The fourth-order valence-corrected chi connectivity index (χ4v) is 4.81. The van der Waals surface area contributed by atoms with Crippen LogP contribution in [0.2, 0.25) is 5.02 Å².